The SMILES string of the molecule is C#Cc1cccc(C(=O)NC2CC2)c1. The van der Waals surface area contributed by atoms with E-state index >= 15 is 0 Å². The van der Waals surface area contributed by atoms with E-state index in [2.05, 4.69) is 11.2 Å². The van der Waals surface area contributed by atoms with Crippen molar-refractivity contribution >= 4 is 5.91 Å². The lowest BCUT2D eigenvalue weighted by atomic mass is 10.1. The third-order valence-corrected chi connectivity index (χ3v) is 2.20. The maximum absolute atomic E-state index is 11.6. The Labute approximate surface area is 83.3 Å². The molecule has 0 aliphatic heterocycles. The Balaban J connectivity index is 2.14. The molecule has 0 saturated heterocycles. The molecule has 0 unspecified atom stereocenters. The molecule has 0 heterocycles. The molecule has 14 heavy (non-hydrogen) atoms. The Bertz CT molecular complexity index is 399. The van der Waals surface area contributed by atoms with Gasteiger partial charge < -0.3 is 5.32 Å². The van der Waals surface area contributed by atoms with Gasteiger partial charge in [-0.1, -0.05) is 12.0 Å². The lowest BCUT2D eigenvalue weighted by molar-refractivity contribution is 0.0951. The zero-order valence-electron chi connectivity index (χ0n) is 7.79. The van der Waals surface area contributed by atoms with E-state index < -0.39 is 0 Å². The van der Waals surface area contributed by atoms with E-state index in [0.717, 1.165) is 18.4 Å². The average molecular weight is 185 g/mol. The van der Waals surface area contributed by atoms with Gasteiger partial charge in [-0.15, -0.1) is 6.42 Å². The number of rotatable bonds is 2. The minimum atomic E-state index is -0.0235. The van der Waals surface area contributed by atoms with Gasteiger partial charge in [0, 0.05) is 17.2 Å². The first-order valence-electron chi connectivity index (χ1n) is 4.67. The first kappa shape index (κ1) is 8.83. The Morgan fingerprint density at radius 3 is 2.93 bits per heavy atom. The van der Waals surface area contributed by atoms with Crippen LogP contribution in [0.25, 0.3) is 0 Å². The van der Waals surface area contributed by atoms with Crippen molar-refractivity contribution in [3.63, 3.8) is 0 Å². The van der Waals surface area contributed by atoms with Crippen LogP contribution in [0.3, 0.4) is 0 Å². The van der Waals surface area contributed by atoms with Crippen LogP contribution in [-0.2, 0) is 0 Å². The smallest absolute Gasteiger partial charge is 0.251 e. The summed E-state index contributed by atoms with van der Waals surface area (Å²) in [6.07, 6.45) is 7.45. The first-order chi connectivity index (χ1) is 6.79. The number of amides is 1. The maximum Gasteiger partial charge on any atom is 0.251 e. The van der Waals surface area contributed by atoms with Crippen molar-refractivity contribution in [3.8, 4) is 12.3 Å². The van der Waals surface area contributed by atoms with Gasteiger partial charge in [0.15, 0.2) is 0 Å². The van der Waals surface area contributed by atoms with Crippen LogP contribution in [0.4, 0.5) is 0 Å². The fourth-order valence-electron chi connectivity index (χ4n) is 1.25. The lowest BCUT2D eigenvalue weighted by Crippen LogP contribution is -2.25. The zero-order valence-corrected chi connectivity index (χ0v) is 7.79. The predicted octanol–water partition coefficient (Wildman–Crippen LogP) is 1.56. The summed E-state index contributed by atoms with van der Waals surface area (Å²) in [6.45, 7) is 0. The van der Waals surface area contributed by atoms with Gasteiger partial charge in [0.25, 0.3) is 5.91 Å². The van der Waals surface area contributed by atoms with Crippen molar-refractivity contribution in [1.29, 1.82) is 0 Å². The van der Waals surface area contributed by atoms with Crippen LogP contribution in [0.5, 0.6) is 0 Å². The van der Waals surface area contributed by atoms with E-state index in [9.17, 15) is 4.79 Å². The van der Waals surface area contributed by atoms with Crippen LogP contribution in [0.1, 0.15) is 28.8 Å². The van der Waals surface area contributed by atoms with E-state index in [4.69, 9.17) is 6.42 Å². The average Bonchev–Trinajstić information content (AvgIpc) is 3.02. The standard InChI is InChI=1S/C12H11NO/c1-2-9-4-3-5-10(8-9)12(14)13-11-6-7-11/h1,3-5,8,11H,6-7H2,(H,13,14). The van der Waals surface area contributed by atoms with Crippen LogP contribution in [-0.4, -0.2) is 11.9 Å². The molecule has 1 amide bonds. The fraction of sp³-hybridized carbons (Fsp3) is 0.250. The summed E-state index contributed by atoms with van der Waals surface area (Å²) in [6, 6.07) is 7.51. The number of nitrogens with one attached hydrogen (secondary N) is 1. The second-order valence-electron chi connectivity index (χ2n) is 3.47. The molecule has 1 aromatic carbocycles. The Kier molecular flexibility index (Phi) is 2.24. The first-order valence-corrected chi connectivity index (χ1v) is 4.67. The van der Waals surface area contributed by atoms with Gasteiger partial charge in [0.05, 0.1) is 0 Å². The van der Waals surface area contributed by atoms with E-state index in [0.29, 0.717) is 11.6 Å². The number of terminal acetylenes is 1. The maximum atomic E-state index is 11.6. The highest BCUT2D eigenvalue weighted by molar-refractivity contribution is 5.94. The highest BCUT2D eigenvalue weighted by Crippen LogP contribution is 2.19. The van der Waals surface area contributed by atoms with Gasteiger partial charge in [0.1, 0.15) is 0 Å². The quantitative estimate of drug-likeness (QED) is 0.696. The second kappa shape index (κ2) is 3.55. The van der Waals surface area contributed by atoms with Crippen LogP contribution in [0.2, 0.25) is 0 Å². The number of carbonyl (C=O) groups excluding carboxylic acids is 1. The van der Waals surface area contributed by atoms with Crippen molar-refractivity contribution in [3.05, 3.63) is 35.4 Å². The molecule has 0 bridgehead atoms. The lowest BCUT2D eigenvalue weighted by Gasteiger charge is -2.02. The van der Waals surface area contributed by atoms with Gasteiger partial charge in [0.2, 0.25) is 0 Å². The monoisotopic (exact) mass is 185 g/mol. The van der Waals surface area contributed by atoms with Crippen LogP contribution >= 0.6 is 0 Å². The largest absolute Gasteiger partial charge is 0.349 e. The molecule has 0 spiro atoms. The third-order valence-electron chi connectivity index (χ3n) is 2.20. The van der Waals surface area contributed by atoms with Crippen LogP contribution in [0, 0.1) is 12.3 Å². The molecule has 1 aromatic rings. The van der Waals surface area contributed by atoms with Crippen molar-refractivity contribution in [2.24, 2.45) is 0 Å². The predicted molar refractivity (Wildman–Crippen MR) is 54.9 cm³/mol. The van der Waals surface area contributed by atoms with Crippen molar-refractivity contribution < 1.29 is 4.79 Å². The molecule has 0 aromatic heterocycles. The van der Waals surface area contributed by atoms with Gasteiger partial charge >= 0.3 is 0 Å². The molecule has 2 rings (SSSR count). The molecule has 2 nitrogen and oxygen atoms in total. The summed E-state index contributed by atoms with van der Waals surface area (Å²) in [5.74, 6) is 2.49. The van der Waals surface area contributed by atoms with Crippen molar-refractivity contribution in [1.82, 2.24) is 5.32 Å². The van der Waals surface area contributed by atoms with Crippen molar-refractivity contribution in [2.75, 3.05) is 0 Å². The molecule has 0 atom stereocenters. The minimum absolute atomic E-state index is 0.0235. The topological polar surface area (TPSA) is 29.1 Å². The normalized spacial score (nSPS) is 14.5. The van der Waals surface area contributed by atoms with Gasteiger partial charge in [-0.25, -0.2) is 0 Å². The van der Waals surface area contributed by atoms with E-state index in [1.54, 1.807) is 18.2 Å². The molecule has 1 aliphatic rings. The van der Waals surface area contributed by atoms with Gasteiger partial charge in [-0.05, 0) is 31.0 Å². The molecule has 1 saturated carbocycles. The van der Waals surface area contributed by atoms with Crippen LogP contribution < -0.4 is 5.32 Å². The Hall–Kier alpha value is -1.75. The molecular weight excluding hydrogens is 174 g/mol. The van der Waals surface area contributed by atoms with Crippen molar-refractivity contribution in [2.45, 2.75) is 18.9 Å². The minimum Gasteiger partial charge on any atom is -0.349 e. The number of carbonyl (C=O) groups is 1. The summed E-state index contributed by atoms with van der Waals surface area (Å²) in [5, 5.41) is 2.91. The van der Waals surface area contributed by atoms with Gasteiger partial charge in [-0.3, -0.25) is 4.79 Å². The fourth-order valence-corrected chi connectivity index (χ4v) is 1.25. The summed E-state index contributed by atoms with van der Waals surface area (Å²) in [4.78, 5) is 11.6. The molecule has 1 aliphatic carbocycles. The highest BCUT2D eigenvalue weighted by atomic mass is 16.1. The van der Waals surface area contributed by atoms with E-state index in [1.807, 2.05) is 6.07 Å². The molecule has 0 radical (unpaired) electrons. The molecule has 70 valence electrons. The summed E-state index contributed by atoms with van der Waals surface area (Å²) in [5.41, 5.74) is 1.39. The molecule has 1 N–H and O–H groups in total. The third kappa shape index (κ3) is 1.94. The number of hydrogen-bond acceptors (Lipinski definition) is 1. The molecule has 1 fully saturated rings. The van der Waals surface area contributed by atoms with Gasteiger partial charge in [-0.2, -0.15) is 0 Å². The van der Waals surface area contributed by atoms with Crippen LogP contribution in [0.15, 0.2) is 24.3 Å². The second-order valence-corrected chi connectivity index (χ2v) is 3.47. The zero-order chi connectivity index (χ0) is 9.97. The summed E-state index contributed by atoms with van der Waals surface area (Å²) >= 11 is 0. The summed E-state index contributed by atoms with van der Waals surface area (Å²) < 4.78 is 0. The molecular formula is C12H11NO. The Morgan fingerprint density at radius 2 is 2.29 bits per heavy atom. The number of hydrogen-bond donors (Lipinski definition) is 1. The van der Waals surface area contributed by atoms with E-state index in [1.165, 1.54) is 0 Å². The Morgan fingerprint density at radius 1 is 1.50 bits per heavy atom. The van der Waals surface area contributed by atoms with E-state index in [-0.39, 0.29) is 5.91 Å². The molecule has 2 heteroatoms. The number of benzene rings is 1. The summed E-state index contributed by atoms with van der Waals surface area (Å²) in [7, 11) is 0. The highest BCUT2D eigenvalue weighted by Gasteiger charge is 2.23.